The van der Waals surface area contributed by atoms with Crippen molar-refractivity contribution >= 4 is 15.9 Å². The van der Waals surface area contributed by atoms with Crippen molar-refractivity contribution < 1.29 is 22.5 Å². The number of rotatable bonds is 5. The Hall–Kier alpha value is -1.51. The van der Waals surface area contributed by atoms with Crippen molar-refractivity contribution in [3.63, 3.8) is 0 Å². The first kappa shape index (κ1) is 21.2. The lowest BCUT2D eigenvalue weighted by Crippen LogP contribution is -3.19. The summed E-state index contributed by atoms with van der Waals surface area (Å²) in [4.78, 5) is 15.6. The summed E-state index contributed by atoms with van der Waals surface area (Å²) in [5.41, 5.74) is 0. The van der Waals surface area contributed by atoms with E-state index < -0.39 is 15.8 Å². The third-order valence-corrected chi connectivity index (χ3v) is 8.20. The molecule has 8 heteroatoms. The number of quaternary nitrogens is 1. The predicted molar refractivity (Wildman–Crippen MR) is 105 cm³/mol. The van der Waals surface area contributed by atoms with Gasteiger partial charge < -0.3 is 9.80 Å². The van der Waals surface area contributed by atoms with Crippen molar-refractivity contribution in [2.24, 2.45) is 0 Å². The molecule has 1 saturated carbocycles. The second kappa shape index (κ2) is 8.88. The molecule has 1 heterocycles. The van der Waals surface area contributed by atoms with Gasteiger partial charge in [-0.1, -0.05) is 31.4 Å². The standard InChI is InChI=1S/C20H30FN3O3S/c1-16(20(25)22(2)17-8-4-3-5-9-17)23-12-14-24(15-13-23)28(26,27)19-11-7-6-10-18(19)21/h6-7,10-11,16-17H,3-5,8-9,12-15H2,1-2H3/p+1/t16-/m0/s1. The molecule has 1 amide bonds. The molecular weight excluding hydrogens is 381 g/mol. The highest BCUT2D eigenvalue weighted by Gasteiger charge is 2.37. The van der Waals surface area contributed by atoms with Gasteiger partial charge in [-0.05, 0) is 31.9 Å². The second-order valence-corrected chi connectivity index (χ2v) is 9.86. The number of nitrogens with one attached hydrogen (secondary N) is 1. The van der Waals surface area contributed by atoms with Crippen LogP contribution >= 0.6 is 0 Å². The van der Waals surface area contributed by atoms with Crippen LogP contribution in [-0.2, 0) is 14.8 Å². The predicted octanol–water partition coefficient (Wildman–Crippen LogP) is 0.895. The lowest BCUT2D eigenvalue weighted by molar-refractivity contribution is -0.918. The van der Waals surface area contributed by atoms with E-state index in [1.165, 1.54) is 41.8 Å². The Morgan fingerprint density at radius 1 is 1.18 bits per heavy atom. The molecule has 1 aromatic carbocycles. The molecule has 2 fully saturated rings. The van der Waals surface area contributed by atoms with Gasteiger partial charge in [0.2, 0.25) is 10.0 Å². The summed E-state index contributed by atoms with van der Waals surface area (Å²) in [6, 6.07) is 5.59. The normalized spacial score (nSPS) is 21.4. The minimum atomic E-state index is -3.85. The molecule has 1 atom stereocenters. The van der Waals surface area contributed by atoms with E-state index in [0.717, 1.165) is 23.8 Å². The average Bonchev–Trinajstić information content (AvgIpc) is 2.73. The first-order valence-corrected chi connectivity index (χ1v) is 11.6. The summed E-state index contributed by atoms with van der Waals surface area (Å²) in [5, 5.41) is 0. The number of carbonyl (C=O) groups is 1. The van der Waals surface area contributed by atoms with Gasteiger partial charge in [0.05, 0.1) is 26.2 Å². The third kappa shape index (κ3) is 4.39. The molecule has 2 aliphatic rings. The van der Waals surface area contributed by atoms with E-state index in [1.807, 2.05) is 18.9 Å². The number of amides is 1. The average molecular weight is 413 g/mol. The molecule has 1 aliphatic heterocycles. The minimum absolute atomic E-state index is 0.132. The molecule has 1 aliphatic carbocycles. The van der Waals surface area contributed by atoms with Gasteiger partial charge in [0.25, 0.3) is 5.91 Å². The Kier molecular flexibility index (Phi) is 6.73. The van der Waals surface area contributed by atoms with Crippen molar-refractivity contribution in [1.29, 1.82) is 0 Å². The third-order valence-electron chi connectivity index (χ3n) is 6.27. The van der Waals surface area contributed by atoms with Crippen LogP contribution in [0.5, 0.6) is 0 Å². The Labute approximate surface area is 167 Å². The molecule has 0 radical (unpaired) electrons. The molecule has 3 rings (SSSR count). The molecule has 1 saturated heterocycles. The molecule has 0 unspecified atom stereocenters. The Morgan fingerprint density at radius 2 is 1.79 bits per heavy atom. The molecule has 0 bridgehead atoms. The number of piperazine rings is 1. The van der Waals surface area contributed by atoms with Crippen molar-refractivity contribution in [3.8, 4) is 0 Å². The van der Waals surface area contributed by atoms with Crippen molar-refractivity contribution in [1.82, 2.24) is 9.21 Å². The minimum Gasteiger partial charge on any atom is -0.338 e. The maximum absolute atomic E-state index is 14.0. The summed E-state index contributed by atoms with van der Waals surface area (Å²) in [5.74, 6) is -0.595. The highest BCUT2D eigenvalue weighted by atomic mass is 32.2. The van der Waals surface area contributed by atoms with Crippen LogP contribution in [0.4, 0.5) is 4.39 Å². The van der Waals surface area contributed by atoms with E-state index in [-0.39, 0.29) is 29.9 Å². The van der Waals surface area contributed by atoms with Crippen molar-refractivity contribution in [3.05, 3.63) is 30.1 Å². The van der Waals surface area contributed by atoms with Crippen molar-refractivity contribution in [2.45, 2.75) is 56.0 Å². The van der Waals surface area contributed by atoms with E-state index in [1.54, 1.807) is 0 Å². The lowest BCUT2D eigenvalue weighted by Gasteiger charge is -2.37. The summed E-state index contributed by atoms with van der Waals surface area (Å²) in [6.07, 6.45) is 5.74. The molecule has 6 nitrogen and oxygen atoms in total. The zero-order chi connectivity index (χ0) is 20.3. The van der Waals surface area contributed by atoms with Crippen LogP contribution in [0.1, 0.15) is 39.0 Å². The first-order valence-electron chi connectivity index (χ1n) is 10.2. The lowest BCUT2D eigenvalue weighted by atomic mass is 9.94. The number of sulfonamides is 1. The number of nitrogens with zero attached hydrogens (tertiary/aromatic N) is 2. The van der Waals surface area contributed by atoms with E-state index >= 15 is 0 Å². The highest BCUT2D eigenvalue weighted by molar-refractivity contribution is 7.89. The van der Waals surface area contributed by atoms with Gasteiger partial charge in [0.1, 0.15) is 10.7 Å². The molecule has 0 spiro atoms. The summed E-state index contributed by atoms with van der Waals surface area (Å²) in [6.45, 7) is 3.59. The monoisotopic (exact) mass is 412 g/mol. The van der Waals surface area contributed by atoms with Crippen LogP contribution in [0.2, 0.25) is 0 Å². The van der Waals surface area contributed by atoms with Crippen LogP contribution in [0.25, 0.3) is 0 Å². The smallest absolute Gasteiger partial charge is 0.280 e. The van der Waals surface area contributed by atoms with Crippen molar-refractivity contribution in [2.75, 3.05) is 33.2 Å². The maximum Gasteiger partial charge on any atom is 0.280 e. The van der Waals surface area contributed by atoms with Crippen LogP contribution < -0.4 is 4.90 Å². The number of likely N-dealkylation sites (N-methyl/N-ethyl adjacent to an activating group) is 1. The fraction of sp³-hybridized carbons (Fsp3) is 0.650. The van der Waals surface area contributed by atoms with Gasteiger partial charge in [0, 0.05) is 13.1 Å². The summed E-state index contributed by atoms with van der Waals surface area (Å²) in [7, 11) is -1.95. The quantitative estimate of drug-likeness (QED) is 0.782. The van der Waals surface area contributed by atoms with Crippen LogP contribution in [0.3, 0.4) is 0 Å². The zero-order valence-corrected chi connectivity index (χ0v) is 17.5. The summed E-state index contributed by atoms with van der Waals surface area (Å²) < 4.78 is 40.8. The van der Waals surface area contributed by atoms with Gasteiger partial charge in [-0.15, -0.1) is 0 Å². The number of hydrogen-bond donors (Lipinski definition) is 1. The SMILES string of the molecule is C[C@@H](C(=O)N(C)C1CCCCC1)[NH+]1CCN(S(=O)(=O)c2ccccc2F)CC1. The molecule has 1 N–H and O–H groups in total. The fourth-order valence-electron chi connectivity index (χ4n) is 4.37. The summed E-state index contributed by atoms with van der Waals surface area (Å²) >= 11 is 0. The Morgan fingerprint density at radius 3 is 2.39 bits per heavy atom. The van der Waals surface area contributed by atoms with Crippen LogP contribution in [-0.4, -0.2) is 68.8 Å². The molecule has 0 aromatic heterocycles. The Balaban J connectivity index is 1.60. The van der Waals surface area contributed by atoms with Gasteiger partial charge in [0.15, 0.2) is 6.04 Å². The largest absolute Gasteiger partial charge is 0.338 e. The topological polar surface area (TPSA) is 62.1 Å². The Bertz CT molecular complexity index is 788. The fourth-order valence-corrected chi connectivity index (χ4v) is 5.87. The maximum atomic E-state index is 14.0. The van der Waals surface area contributed by atoms with Gasteiger partial charge in [-0.2, -0.15) is 4.31 Å². The van der Waals surface area contributed by atoms with E-state index in [9.17, 15) is 17.6 Å². The first-order chi connectivity index (χ1) is 13.3. The molecule has 156 valence electrons. The van der Waals surface area contributed by atoms with E-state index in [4.69, 9.17) is 0 Å². The number of carbonyl (C=O) groups excluding carboxylic acids is 1. The molecule has 28 heavy (non-hydrogen) atoms. The van der Waals surface area contributed by atoms with Crippen LogP contribution in [0, 0.1) is 5.82 Å². The zero-order valence-electron chi connectivity index (χ0n) is 16.7. The molecular formula is C20H31FN3O3S+. The van der Waals surface area contributed by atoms with Gasteiger partial charge in [-0.3, -0.25) is 4.79 Å². The number of hydrogen-bond acceptors (Lipinski definition) is 3. The highest BCUT2D eigenvalue weighted by Crippen LogP contribution is 2.22. The van der Waals surface area contributed by atoms with Gasteiger partial charge >= 0.3 is 0 Å². The van der Waals surface area contributed by atoms with E-state index in [2.05, 4.69) is 0 Å². The molecule has 1 aromatic rings. The second-order valence-electron chi connectivity index (χ2n) is 7.96. The van der Waals surface area contributed by atoms with Crippen LogP contribution in [0.15, 0.2) is 29.2 Å². The van der Waals surface area contributed by atoms with Gasteiger partial charge in [-0.25, -0.2) is 12.8 Å². The number of benzene rings is 1. The number of halogens is 1. The van der Waals surface area contributed by atoms with E-state index in [0.29, 0.717) is 19.1 Å².